The maximum Gasteiger partial charge on any atom is 0.390 e. The Bertz CT molecular complexity index is 74.2. The molecule has 0 fully saturated rings. The van der Waals surface area contributed by atoms with Crippen LogP contribution in [-0.2, 0) is 8.85 Å². The third kappa shape index (κ3) is 4.03. The van der Waals surface area contributed by atoms with E-state index in [1.807, 2.05) is 0 Å². The van der Waals surface area contributed by atoms with Crippen LogP contribution in [0.25, 0.3) is 0 Å². The van der Waals surface area contributed by atoms with Gasteiger partial charge in [0.2, 0.25) is 0 Å². The highest BCUT2D eigenvalue weighted by atomic mass is 28.3. The molecule has 0 unspecified atom stereocenters. The van der Waals surface area contributed by atoms with Crippen LogP contribution in [0.15, 0.2) is 0 Å². The summed E-state index contributed by atoms with van der Waals surface area (Å²) in [6, 6.07) is 0. The Hall–Kier alpha value is 0.137. The summed E-state index contributed by atoms with van der Waals surface area (Å²) in [7, 11) is 2.36. The molecule has 0 N–H and O–H groups in total. The van der Waals surface area contributed by atoms with Crippen molar-refractivity contribution in [2.45, 2.75) is 33.2 Å². The first-order chi connectivity index (χ1) is 4.02. The summed E-state index contributed by atoms with van der Waals surface area (Å²) in [4.78, 5) is 0. The standard InChI is InChI=1S/C6H15O2Si.CH4/c1-6(2,3)9(7-4)8-5;/h1-5H3;1H4. The molecular weight excluding hydrogens is 144 g/mol. The Labute approximate surface area is 66.4 Å². The van der Waals surface area contributed by atoms with Crippen LogP contribution < -0.4 is 0 Å². The Kier molecular flexibility index (Phi) is 6.23. The molecule has 3 heteroatoms. The summed E-state index contributed by atoms with van der Waals surface area (Å²) in [6.45, 7) is 6.36. The molecule has 10 heavy (non-hydrogen) atoms. The van der Waals surface area contributed by atoms with Gasteiger partial charge in [0.05, 0.1) is 0 Å². The van der Waals surface area contributed by atoms with Gasteiger partial charge in [-0.3, -0.25) is 0 Å². The Morgan fingerprint density at radius 2 is 1.30 bits per heavy atom. The second kappa shape index (κ2) is 4.88. The van der Waals surface area contributed by atoms with Gasteiger partial charge in [0.25, 0.3) is 0 Å². The molecule has 0 aliphatic rings. The summed E-state index contributed by atoms with van der Waals surface area (Å²) < 4.78 is 10.3. The van der Waals surface area contributed by atoms with Gasteiger partial charge < -0.3 is 8.85 Å². The van der Waals surface area contributed by atoms with E-state index in [-0.39, 0.29) is 12.5 Å². The van der Waals surface area contributed by atoms with Gasteiger partial charge in [-0.2, -0.15) is 0 Å². The Balaban J connectivity index is 0. The Morgan fingerprint density at radius 1 is 1.00 bits per heavy atom. The average molecular weight is 163 g/mol. The second-order valence-corrected chi connectivity index (χ2v) is 5.84. The lowest BCUT2D eigenvalue weighted by Crippen LogP contribution is -2.30. The SMILES string of the molecule is C.CO[Si](OC)C(C)(C)C. The zero-order chi connectivity index (χ0) is 7.49. The maximum atomic E-state index is 5.14. The number of hydrogen-bond donors (Lipinski definition) is 0. The summed E-state index contributed by atoms with van der Waals surface area (Å²) in [5, 5.41) is 0.175. The minimum Gasteiger partial charge on any atom is -0.396 e. The maximum absolute atomic E-state index is 5.14. The van der Waals surface area contributed by atoms with Crippen LogP contribution in [0.2, 0.25) is 5.04 Å². The molecule has 0 aliphatic heterocycles. The van der Waals surface area contributed by atoms with E-state index in [4.69, 9.17) is 8.85 Å². The van der Waals surface area contributed by atoms with Crippen molar-refractivity contribution in [3.05, 3.63) is 0 Å². The molecule has 0 amide bonds. The molecule has 0 aromatic carbocycles. The van der Waals surface area contributed by atoms with Crippen molar-refractivity contribution >= 4 is 9.28 Å². The molecule has 0 rings (SSSR count). The molecule has 63 valence electrons. The lowest BCUT2D eigenvalue weighted by Gasteiger charge is -2.23. The lowest BCUT2D eigenvalue weighted by molar-refractivity contribution is 0.251. The fourth-order valence-corrected chi connectivity index (χ4v) is 2.09. The predicted octanol–water partition coefficient (Wildman–Crippen LogP) is 2.20. The molecule has 0 aromatic heterocycles. The first kappa shape index (κ1) is 12.8. The summed E-state index contributed by atoms with van der Waals surface area (Å²) >= 11 is 0. The van der Waals surface area contributed by atoms with Crippen LogP contribution in [0, 0.1) is 0 Å². The molecule has 0 saturated carbocycles. The highest BCUT2D eigenvalue weighted by Gasteiger charge is 2.29. The van der Waals surface area contributed by atoms with Crippen LogP contribution in [0.3, 0.4) is 0 Å². The van der Waals surface area contributed by atoms with Gasteiger partial charge in [-0.15, -0.1) is 0 Å². The summed E-state index contributed by atoms with van der Waals surface area (Å²) in [5.74, 6) is 0. The van der Waals surface area contributed by atoms with Crippen molar-refractivity contribution in [1.29, 1.82) is 0 Å². The summed E-state index contributed by atoms with van der Waals surface area (Å²) in [5.41, 5.74) is 0. The van der Waals surface area contributed by atoms with Gasteiger partial charge in [-0.1, -0.05) is 28.2 Å². The zero-order valence-corrected chi connectivity index (χ0v) is 7.82. The van der Waals surface area contributed by atoms with E-state index in [0.29, 0.717) is 0 Å². The van der Waals surface area contributed by atoms with E-state index in [2.05, 4.69) is 20.8 Å². The number of rotatable bonds is 2. The third-order valence-electron chi connectivity index (χ3n) is 0.983. The van der Waals surface area contributed by atoms with Crippen LogP contribution in [0.5, 0.6) is 0 Å². The molecule has 0 bridgehead atoms. The van der Waals surface area contributed by atoms with E-state index in [9.17, 15) is 0 Å². The van der Waals surface area contributed by atoms with E-state index in [0.717, 1.165) is 0 Å². The fourth-order valence-electron chi connectivity index (χ4n) is 0.696. The fraction of sp³-hybridized carbons (Fsp3) is 1.00. The van der Waals surface area contributed by atoms with Gasteiger partial charge in [0.15, 0.2) is 0 Å². The van der Waals surface area contributed by atoms with Gasteiger partial charge in [-0.05, 0) is 0 Å². The first-order valence-electron chi connectivity index (χ1n) is 2.97. The van der Waals surface area contributed by atoms with E-state index < -0.39 is 9.28 Å². The van der Waals surface area contributed by atoms with Crippen molar-refractivity contribution in [2.75, 3.05) is 14.2 Å². The predicted molar refractivity (Wildman–Crippen MR) is 46.2 cm³/mol. The van der Waals surface area contributed by atoms with Crippen LogP contribution in [0.1, 0.15) is 28.2 Å². The first-order valence-corrected chi connectivity index (χ1v) is 4.29. The molecular formula is C7H19O2Si. The molecule has 0 spiro atoms. The highest BCUT2D eigenvalue weighted by molar-refractivity contribution is 6.48. The van der Waals surface area contributed by atoms with Crippen molar-refractivity contribution in [1.82, 2.24) is 0 Å². The Morgan fingerprint density at radius 3 is 1.30 bits per heavy atom. The molecule has 0 saturated heterocycles. The van der Waals surface area contributed by atoms with Gasteiger partial charge in [0.1, 0.15) is 0 Å². The van der Waals surface area contributed by atoms with Crippen molar-refractivity contribution in [2.24, 2.45) is 0 Å². The third-order valence-corrected chi connectivity index (χ3v) is 2.95. The quantitative estimate of drug-likeness (QED) is 0.581. The minimum atomic E-state index is -1.04. The van der Waals surface area contributed by atoms with E-state index in [1.165, 1.54) is 0 Å². The van der Waals surface area contributed by atoms with Crippen molar-refractivity contribution in [3.63, 3.8) is 0 Å². The largest absolute Gasteiger partial charge is 0.396 e. The van der Waals surface area contributed by atoms with Crippen molar-refractivity contribution < 1.29 is 8.85 Å². The van der Waals surface area contributed by atoms with Gasteiger partial charge in [0, 0.05) is 19.3 Å². The normalized spacial score (nSPS) is 11.4. The monoisotopic (exact) mass is 163 g/mol. The zero-order valence-electron chi connectivity index (χ0n) is 6.82. The van der Waals surface area contributed by atoms with Crippen molar-refractivity contribution in [3.8, 4) is 0 Å². The second-order valence-electron chi connectivity index (χ2n) is 2.95. The van der Waals surface area contributed by atoms with Crippen LogP contribution in [-0.4, -0.2) is 23.5 Å². The molecule has 2 nitrogen and oxygen atoms in total. The summed E-state index contributed by atoms with van der Waals surface area (Å²) in [6.07, 6.45) is 0. The molecule has 0 heterocycles. The van der Waals surface area contributed by atoms with E-state index in [1.54, 1.807) is 14.2 Å². The molecule has 0 atom stereocenters. The number of hydrogen-bond acceptors (Lipinski definition) is 2. The molecule has 1 radical (unpaired) electrons. The topological polar surface area (TPSA) is 18.5 Å². The molecule has 0 aromatic rings. The average Bonchev–Trinajstić information content (AvgIpc) is 1.65. The minimum absolute atomic E-state index is 0. The lowest BCUT2D eigenvalue weighted by atomic mass is 10.3. The van der Waals surface area contributed by atoms with Crippen LogP contribution >= 0.6 is 0 Å². The van der Waals surface area contributed by atoms with Gasteiger partial charge in [-0.25, -0.2) is 0 Å². The molecule has 0 aliphatic carbocycles. The van der Waals surface area contributed by atoms with Gasteiger partial charge >= 0.3 is 9.28 Å². The highest BCUT2D eigenvalue weighted by Crippen LogP contribution is 2.26. The smallest absolute Gasteiger partial charge is 0.390 e. The van der Waals surface area contributed by atoms with Crippen LogP contribution in [0.4, 0.5) is 0 Å². The van der Waals surface area contributed by atoms with E-state index >= 15 is 0 Å².